The summed E-state index contributed by atoms with van der Waals surface area (Å²) in [6, 6.07) is 0. The molecule has 0 aromatic carbocycles. The van der Waals surface area contributed by atoms with Gasteiger partial charge in [0.2, 0.25) is 6.54 Å². The molecule has 5 nitrogen and oxygen atoms in total. The number of ether oxygens (including phenoxy) is 2. The third kappa shape index (κ3) is 2.77. The van der Waals surface area contributed by atoms with Gasteiger partial charge in [0.15, 0.2) is 8.38 Å². The van der Waals surface area contributed by atoms with Crippen molar-refractivity contribution in [1.29, 1.82) is 0 Å². The summed E-state index contributed by atoms with van der Waals surface area (Å²) in [6.45, 7) is 17.9. The fourth-order valence-corrected chi connectivity index (χ4v) is 3.84. The summed E-state index contributed by atoms with van der Waals surface area (Å²) < 4.78 is 23.6. The van der Waals surface area contributed by atoms with Crippen molar-refractivity contribution in [2.24, 2.45) is 5.92 Å². The maximum atomic E-state index is 6.74. The lowest BCUT2D eigenvalue weighted by atomic mass is 9.86. The van der Waals surface area contributed by atoms with Gasteiger partial charge in [0.1, 0.15) is 24.4 Å². The van der Waals surface area contributed by atoms with Crippen molar-refractivity contribution in [3.63, 3.8) is 0 Å². The van der Waals surface area contributed by atoms with E-state index in [2.05, 4.69) is 18.3 Å². The third-order valence-corrected chi connectivity index (χ3v) is 5.08. The molecule has 0 aromatic heterocycles. The van der Waals surface area contributed by atoms with Gasteiger partial charge in [-0.1, -0.05) is 13.0 Å². The van der Waals surface area contributed by atoms with Gasteiger partial charge >= 0.3 is 0 Å². The van der Waals surface area contributed by atoms with Crippen LogP contribution < -0.4 is 0 Å². The maximum Gasteiger partial charge on any atom is 0.238 e. The van der Waals surface area contributed by atoms with Gasteiger partial charge in [-0.3, -0.25) is 0 Å². The Labute approximate surface area is 122 Å². The normalized spacial score (nSPS) is 38.4. The van der Waals surface area contributed by atoms with Crippen molar-refractivity contribution in [2.45, 2.75) is 37.8 Å². The highest BCUT2D eigenvalue weighted by molar-refractivity contribution is 7.46. The molecule has 0 N–H and O–H groups in total. The van der Waals surface area contributed by atoms with Gasteiger partial charge in [-0.05, 0) is 6.92 Å². The first-order valence-electron chi connectivity index (χ1n) is 6.83. The summed E-state index contributed by atoms with van der Waals surface area (Å²) in [4.78, 5) is 3.27. The van der Waals surface area contributed by atoms with Crippen LogP contribution >= 0.6 is 8.38 Å². The monoisotopic (exact) mass is 299 g/mol. The van der Waals surface area contributed by atoms with Crippen molar-refractivity contribution < 1.29 is 18.5 Å². The summed E-state index contributed by atoms with van der Waals surface area (Å²) in [5.74, 6) is 0.147. The van der Waals surface area contributed by atoms with E-state index >= 15 is 0 Å². The molecule has 2 heterocycles. The third-order valence-electron chi connectivity index (χ3n) is 4.01. The number of hydrogen-bond acceptors (Lipinski definition) is 4. The fourth-order valence-electron chi connectivity index (χ4n) is 2.82. The van der Waals surface area contributed by atoms with Crippen LogP contribution in [-0.2, 0) is 18.5 Å². The second kappa shape index (κ2) is 6.51. The molecular formula is C14H22NO4P. The van der Waals surface area contributed by atoms with E-state index < -0.39 is 14.0 Å². The molecule has 112 valence electrons. The molecule has 2 bridgehead atoms. The summed E-state index contributed by atoms with van der Waals surface area (Å²) in [5.41, 5.74) is -0.453. The van der Waals surface area contributed by atoms with Crippen LogP contribution in [0, 0.1) is 12.5 Å². The first-order valence-corrected chi connectivity index (χ1v) is 8.46. The van der Waals surface area contributed by atoms with Crippen LogP contribution in [0.15, 0.2) is 12.7 Å². The van der Waals surface area contributed by atoms with Crippen molar-refractivity contribution in [2.75, 3.05) is 26.4 Å². The summed E-state index contributed by atoms with van der Waals surface area (Å²) >= 11 is 0. The minimum Gasteiger partial charge on any atom is -0.370 e. The summed E-state index contributed by atoms with van der Waals surface area (Å²) in [7, 11) is -1.03. The number of hydrogen-bond donors (Lipinski definition) is 0. The average Bonchev–Trinajstić information content (AvgIpc) is 2.90. The van der Waals surface area contributed by atoms with E-state index in [1.807, 2.05) is 19.7 Å². The Bertz CT molecular complexity index is 399. The van der Waals surface area contributed by atoms with Crippen molar-refractivity contribution >= 4 is 8.38 Å². The second-order valence-corrected chi connectivity index (χ2v) is 6.61. The highest BCUT2D eigenvalue weighted by atomic mass is 31.2. The zero-order valence-electron chi connectivity index (χ0n) is 12.2. The lowest BCUT2D eigenvalue weighted by molar-refractivity contribution is -0.152. The second-order valence-electron chi connectivity index (χ2n) is 5.26. The Morgan fingerprint density at radius 1 is 1.65 bits per heavy atom. The molecule has 0 amide bonds. The van der Waals surface area contributed by atoms with Gasteiger partial charge in [0, 0.05) is 12.6 Å². The number of fused-ring (bicyclic) bond motifs is 2. The Kier molecular flexibility index (Phi) is 5.17. The van der Waals surface area contributed by atoms with Crippen LogP contribution in [-0.4, -0.2) is 50.3 Å². The van der Waals surface area contributed by atoms with Gasteiger partial charge in [-0.25, -0.2) is 6.57 Å². The van der Waals surface area contributed by atoms with Crippen LogP contribution in [0.25, 0.3) is 4.85 Å². The molecule has 2 rings (SSSR count). The van der Waals surface area contributed by atoms with Gasteiger partial charge in [-0.15, -0.1) is 6.58 Å². The van der Waals surface area contributed by atoms with Crippen LogP contribution in [0.5, 0.6) is 0 Å². The first-order chi connectivity index (χ1) is 9.55. The highest BCUT2D eigenvalue weighted by Crippen LogP contribution is 2.51. The predicted octanol–water partition coefficient (Wildman–Crippen LogP) is 2.63. The van der Waals surface area contributed by atoms with E-state index in [0.29, 0.717) is 19.8 Å². The Balaban J connectivity index is 2.02. The molecule has 0 aliphatic carbocycles. The standard InChI is InChI=1S/C14H22NO4P/c1-6-10(2)14-9-16-12(11(3)18-14)13(14)19-20(5)17-8-7-15-4/h6,10-13H,1,7-9H2,2-3,5H3/t10-,11-,12-,13-,14+,20?/m0/s1. The molecular weight excluding hydrogens is 277 g/mol. The molecule has 0 saturated carbocycles. The lowest BCUT2D eigenvalue weighted by Crippen LogP contribution is -2.46. The minimum absolute atomic E-state index is 0.0165. The fraction of sp³-hybridized carbons (Fsp3) is 0.786. The van der Waals surface area contributed by atoms with Gasteiger partial charge in [-0.2, -0.15) is 0 Å². The smallest absolute Gasteiger partial charge is 0.238 e. The van der Waals surface area contributed by atoms with Crippen LogP contribution in [0.4, 0.5) is 0 Å². The van der Waals surface area contributed by atoms with Crippen LogP contribution in [0.3, 0.4) is 0 Å². The lowest BCUT2D eigenvalue weighted by Gasteiger charge is -2.35. The van der Waals surface area contributed by atoms with Crippen LogP contribution in [0.1, 0.15) is 13.8 Å². The van der Waals surface area contributed by atoms with Gasteiger partial charge in [0.25, 0.3) is 0 Å². The van der Waals surface area contributed by atoms with Crippen molar-refractivity contribution in [3.8, 4) is 0 Å². The quantitative estimate of drug-likeness (QED) is 0.314. The van der Waals surface area contributed by atoms with E-state index in [4.69, 9.17) is 25.1 Å². The predicted molar refractivity (Wildman–Crippen MR) is 77.5 cm³/mol. The van der Waals surface area contributed by atoms with Gasteiger partial charge in [0.05, 0.1) is 12.7 Å². The van der Waals surface area contributed by atoms with E-state index in [9.17, 15) is 0 Å². The molecule has 20 heavy (non-hydrogen) atoms. The summed E-state index contributed by atoms with van der Waals surface area (Å²) in [5, 5.41) is 0. The SMILES string of the molecule is [C-]#[N+]CCOP(C)O[C@H]1[C@H]2OC[C@]1([C@@H](C)C=C)O[C@H]2C. The van der Waals surface area contributed by atoms with Gasteiger partial charge < -0.3 is 23.4 Å². The molecule has 0 spiro atoms. The molecule has 6 heteroatoms. The Hall–Kier alpha value is -0.500. The largest absolute Gasteiger partial charge is 0.370 e. The van der Waals surface area contributed by atoms with E-state index in [1.54, 1.807) is 0 Å². The van der Waals surface area contributed by atoms with Crippen molar-refractivity contribution in [3.05, 3.63) is 24.1 Å². The van der Waals surface area contributed by atoms with E-state index in [-0.39, 0.29) is 24.2 Å². The summed E-state index contributed by atoms with van der Waals surface area (Å²) in [6.07, 6.45) is 1.72. The molecule has 2 aliphatic rings. The average molecular weight is 299 g/mol. The van der Waals surface area contributed by atoms with E-state index in [1.165, 1.54) is 0 Å². The molecule has 0 radical (unpaired) electrons. The highest BCUT2D eigenvalue weighted by Gasteiger charge is 2.63. The molecule has 1 unspecified atom stereocenters. The molecule has 2 fully saturated rings. The van der Waals surface area contributed by atoms with E-state index in [0.717, 1.165) is 0 Å². The molecule has 0 aromatic rings. The minimum atomic E-state index is -1.03. The zero-order chi connectivity index (χ0) is 14.8. The topological polar surface area (TPSA) is 41.3 Å². The van der Waals surface area contributed by atoms with Crippen molar-refractivity contribution in [1.82, 2.24) is 0 Å². The molecule has 2 saturated heterocycles. The molecule has 6 atom stereocenters. The Morgan fingerprint density at radius 3 is 3.00 bits per heavy atom. The Morgan fingerprint density at radius 2 is 2.40 bits per heavy atom. The maximum absolute atomic E-state index is 6.74. The number of rotatable bonds is 7. The first kappa shape index (κ1) is 15.9. The van der Waals surface area contributed by atoms with Crippen LogP contribution in [0.2, 0.25) is 0 Å². The number of nitrogens with zero attached hydrogens (tertiary/aromatic N) is 1. The molecule has 2 aliphatic heterocycles. The zero-order valence-corrected chi connectivity index (χ0v) is 13.1.